The molecule has 1 aliphatic carbocycles. The van der Waals surface area contributed by atoms with E-state index in [1.54, 1.807) is 6.33 Å². The van der Waals surface area contributed by atoms with E-state index in [0.717, 1.165) is 18.3 Å². The molecule has 0 atom stereocenters. The van der Waals surface area contributed by atoms with Gasteiger partial charge in [-0.25, -0.2) is 4.98 Å². The number of hydrogen-bond donors (Lipinski definition) is 2. The topological polar surface area (TPSA) is 53.6 Å². The van der Waals surface area contributed by atoms with E-state index in [1.807, 2.05) is 0 Å². The molecule has 0 saturated heterocycles. The lowest BCUT2D eigenvalue weighted by atomic mass is 9.75. The van der Waals surface area contributed by atoms with Crippen LogP contribution in [0, 0.1) is 6.92 Å². The van der Waals surface area contributed by atoms with Crippen molar-refractivity contribution < 1.29 is 0 Å². The first-order chi connectivity index (χ1) is 8.81. The number of aromatic amines is 1. The maximum absolute atomic E-state index is 4.11. The van der Waals surface area contributed by atoms with Crippen molar-refractivity contribution in [1.29, 1.82) is 0 Å². The number of aromatic nitrogens is 3. The lowest BCUT2D eigenvalue weighted by Gasteiger charge is -2.36. The molecule has 0 spiro atoms. The molecule has 0 amide bonds. The molecule has 4 nitrogen and oxygen atoms in total. The first-order valence-electron chi connectivity index (χ1n) is 6.45. The summed E-state index contributed by atoms with van der Waals surface area (Å²) in [5.41, 5.74) is 2.83. The SMILES string of the molecule is Cc1cccc(C2CC(NCc3ncn[nH]3)C2)c1. The second-order valence-electron chi connectivity index (χ2n) is 5.09. The first kappa shape index (κ1) is 11.4. The lowest BCUT2D eigenvalue weighted by Crippen LogP contribution is -2.39. The van der Waals surface area contributed by atoms with Crippen LogP contribution in [0.25, 0.3) is 0 Å². The predicted molar refractivity (Wildman–Crippen MR) is 70.2 cm³/mol. The van der Waals surface area contributed by atoms with Crippen molar-refractivity contribution in [1.82, 2.24) is 20.5 Å². The summed E-state index contributed by atoms with van der Waals surface area (Å²) in [7, 11) is 0. The highest BCUT2D eigenvalue weighted by Gasteiger charge is 2.29. The number of benzene rings is 1. The predicted octanol–water partition coefficient (Wildman–Crippen LogP) is 2.15. The summed E-state index contributed by atoms with van der Waals surface area (Å²) in [5.74, 6) is 1.63. The average molecular weight is 242 g/mol. The van der Waals surface area contributed by atoms with E-state index in [-0.39, 0.29) is 0 Å². The van der Waals surface area contributed by atoms with Gasteiger partial charge in [-0.15, -0.1) is 0 Å². The van der Waals surface area contributed by atoms with Crippen molar-refractivity contribution >= 4 is 0 Å². The van der Waals surface area contributed by atoms with E-state index < -0.39 is 0 Å². The molecule has 2 N–H and O–H groups in total. The van der Waals surface area contributed by atoms with Crippen molar-refractivity contribution in [3.05, 3.63) is 47.5 Å². The van der Waals surface area contributed by atoms with E-state index in [4.69, 9.17) is 0 Å². The highest BCUT2D eigenvalue weighted by molar-refractivity contribution is 5.27. The molecule has 1 aromatic carbocycles. The smallest absolute Gasteiger partial charge is 0.138 e. The van der Waals surface area contributed by atoms with Gasteiger partial charge in [0.2, 0.25) is 0 Å². The van der Waals surface area contributed by atoms with Crippen LogP contribution in [0.3, 0.4) is 0 Å². The van der Waals surface area contributed by atoms with Gasteiger partial charge in [0, 0.05) is 6.04 Å². The zero-order valence-corrected chi connectivity index (χ0v) is 10.6. The van der Waals surface area contributed by atoms with Crippen molar-refractivity contribution in [2.24, 2.45) is 0 Å². The molecule has 1 aliphatic rings. The Morgan fingerprint density at radius 1 is 1.39 bits per heavy atom. The number of nitrogens with zero attached hydrogens (tertiary/aromatic N) is 2. The van der Waals surface area contributed by atoms with Crippen LogP contribution >= 0.6 is 0 Å². The summed E-state index contributed by atoms with van der Waals surface area (Å²) in [4.78, 5) is 4.11. The number of hydrogen-bond acceptors (Lipinski definition) is 3. The minimum absolute atomic E-state index is 0.612. The molecule has 3 rings (SSSR count). The first-order valence-corrected chi connectivity index (χ1v) is 6.45. The van der Waals surface area contributed by atoms with Gasteiger partial charge in [-0.1, -0.05) is 29.8 Å². The Morgan fingerprint density at radius 2 is 2.28 bits per heavy atom. The fourth-order valence-corrected chi connectivity index (χ4v) is 2.54. The summed E-state index contributed by atoms with van der Waals surface area (Å²) in [6.45, 7) is 2.94. The van der Waals surface area contributed by atoms with Crippen molar-refractivity contribution in [2.75, 3.05) is 0 Å². The highest BCUT2D eigenvalue weighted by atomic mass is 15.2. The zero-order chi connectivity index (χ0) is 12.4. The van der Waals surface area contributed by atoms with Crippen LogP contribution < -0.4 is 5.32 Å². The molecule has 1 fully saturated rings. The fraction of sp³-hybridized carbons (Fsp3) is 0.429. The monoisotopic (exact) mass is 242 g/mol. The third-order valence-electron chi connectivity index (χ3n) is 3.67. The van der Waals surface area contributed by atoms with E-state index in [2.05, 4.69) is 51.7 Å². The van der Waals surface area contributed by atoms with Crippen LogP contribution in [0.4, 0.5) is 0 Å². The molecular weight excluding hydrogens is 224 g/mol. The molecule has 0 unspecified atom stereocenters. The Labute approximate surface area is 107 Å². The van der Waals surface area contributed by atoms with Gasteiger partial charge in [0.25, 0.3) is 0 Å². The maximum Gasteiger partial charge on any atom is 0.138 e. The Hall–Kier alpha value is -1.68. The van der Waals surface area contributed by atoms with Gasteiger partial charge >= 0.3 is 0 Å². The molecule has 0 radical (unpaired) electrons. The van der Waals surface area contributed by atoms with Gasteiger partial charge in [-0.2, -0.15) is 5.10 Å². The lowest BCUT2D eigenvalue weighted by molar-refractivity contribution is 0.287. The Bertz CT molecular complexity index is 500. The molecule has 1 saturated carbocycles. The van der Waals surface area contributed by atoms with E-state index in [1.165, 1.54) is 24.0 Å². The van der Waals surface area contributed by atoms with Gasteiger partial charge in [0.1, 0.15) is 12.2 Å². The summed E-state index contributed by atoms with van der Waals surface area (Å²) < 4.78 is 0. The van der Waals surface area contributed by atoms with Crippen molar-refractivity contribution in [2.45, 2.75) is 38.3 Å². The Balaban J connectivity index is 1.48. The molecule has 1 heterocycles. The number of H-pyrrole nitrogens is 1. The van der Waals surface area contributed by atoms with Gasteiger partial charge < -0.3 is 5.32 Å². The van der Waals surface area contributed by atoms with Crippen LogP contribution in [0.1, 0.15) is 35.7 Å². The van der Waals surface area contributed by atoms with Crippen molar-refractivity contribution in [3.8, 4) is 0 Å². The fourth-order valence-electron chi connectivity index (χ4n) is 2.54. The summed E-state index contributed by atoms with van der Waals surface area (Å²) in [5, 5.41) is 10.2. The van der Waals surface area contributed by atoms with Gasteiger partial charge in [0.15, 0.2) is 0 Å². The number of rotatable bonds is 4. The largest absolute Gasteiger partial charge is 0.307 e. The average Bonchev–Trinajstić information content (AvgIpc) is 2.80. The van der Waals surface area contributed by atoms with Crippen LogP contribution in [0.15, 0.2) is 30.6 Å². The molecule has 4 heteroatoms. The van der Waals surface area contributed by atoms with Crippen molar-refractivity contribution in [3.63, 3.8) is 0 Å². The standard InChI is InChI=1S/C14H18N4/c1-10-3-2-4-11(5-10)12-6-13(7-12)15-8-14-16-9-17-18-14/h2-5,9,12-13,15H,6-8H2,1H3,(H,16,17,18). The van der Waals surface area contributed by atoms with Crippen LogP contribution in [-0.4, -0.2) is 21.2 Å². The Kier molecular flexibility index (Phi) is 3.11. The second-order valence-corrected chi connectivity index (χ2v) is 5.09. The molecule has 1 aromatic heterocycles. The normalized spacial score (nSPS) is 22.7. The number of aryl methyl sites for hydroxylation is 1. The molecule has 94 valence electrons. The third kappa shape index (κ3) is 2.43. The van der Waals surface area contributed by atoms with Crippen LogP contribution in [0.2, 0.25) is 0 Å². The highest BCUT2D eigenvalue weighted by Crippen LogP contribution is 2.37. The summed E-state index contributed by atoms with van der Waals surface area (Å²) in [6.07, 6.45) is 3.99. The molecule has 0 aliphatic heterocycles. The van der Waals surface area contributed by atoms with Gasteiger partial charge in [-0.3, -0.25) is 5.10 Å². The summed E-state index contributed by atoms with van der Waals surface area (Å²) >= 11 is 0. The van der Waals surface area contributed by atoms with E-state index in [0.29, 0.717) is 6.04 Å². The third-order valence-corrected chi connectivity index (χ3v) is 3.67. The van der Waals surface area contributed by atoms with Gasteiger partial charge in [0.05, 0.1) is 6.54 Å². The minimum atomic E-state index is 0.612. The maximum atomic E-state index is 4.11. The summed E-state index contributed by atoms with van der Waals surface area (Å²) in [6, 6.07) is 9.46. The van der Waals surface area contributed by atoms with E-state index >= 15 is 0 Å². The minimum Gasteiger partial charge on any atom is -0.307 e. The molecule has 18 heavy (non-hydrogen) atoms. The second kappa shape index (κ2) is 4.90. The molecular formula is C14H18N4. The zero-order valence-electron chi connectivity index (χ0n) is 10.6. The van der Waals surface area contributed by atoms with Crippen LogP contribution in [0.5, 0.6) is 0 Å². The Morgan fingerprint density at radius 3 is 3.00 bits per heavy atom. The van der Waals surface area contributed by atoms with Crippen LogP contribution in [-0.2, 0) is 6.54 Å². The molecule has 2 aromatic rings. The van der Waals surface area contributed by atoms with Gasteiger partial charge in [-0.05, 0) is 31.2 Å². The van der Waals surface area contributed by atoms with E-state index in [9.17, 15) is 0 Å². The quantitative estimate of drug-likeness (QED) is 0.863. The molecule has 0 bridgehead atoms. The number of nitrogens with one attached hydrogen (secondary N) is 2.